The number of carboxylic acid groups (broad SMARTS) is 2. The first-order valence-corrected chi connectivity index (χ1v) is 15.9. The smallest absolute Gasteiger partial charge is 0.323 e. The van der Waals surface area contributed by atoms with Crippen molar-refractivity contribution in [2.45, 2.75) is 83.2 Å². The highest BCUT2D eigenvalue weighted by Gasteiger charge is 2.28. The maximum atomic E-state index is 13.7. The Kier molecular flexibility index (Phi) is 12.0. The zero-order valence-electron chi connectivity index (χ0n) is 26.3. The minimum Gasteiger partial charge on any atom is -0.492 e. The summed E-state index contributed by atoms with van der Waals surface area (Å²) in [5.74, 6) is -2.78. The van der Waals surface area contributed by atoms with Crippen LogP contribution in [-0.2, 0) is 32.0 Å². The molecule has 2 aromatic carbocycles. The molecule has 0 heterocycles. The molecule has 2 atom stereocenters. The Balaban J connectivity index is 1.51. The van der Waals surface area contributed by atoms with Crippen molar-refractivity contribution in [2.75, 3.05) is 24.6 Å². The molecule has 0 aromatic heterocycles. The highest BCUT2D eigenvalue weighted by Crippen LogP contribution is 2.35. The van der Waals surface area contributed by atoms with E-state index in [0.29, 0.717) is 35.9 Å². The Morgan fingerprint density at radius 2 is 1.59 bits per heavy atom. The average molecular weight is 637 g/mol. The Labute approximate surface area is 268 Å². The summed E-state index contributed by atoms with van der Waals surface area (Å²) in [6.45, 7) is 0.887. The first kappa shape index (κ1) is 34.3. The van der Waals surface area contributed by atoms with Crippen molar-refractivity contribution < 1.29 is 38.9 Å². The minimum absolute atomic E-state index is 0.142. The number of aryl methyl sites for hydroxylation is 1. The predicted molar refractivity (Wildman–Crippen MR) is 171 cm³/mol. The van der Waals surface area contributed by atoms with Gasteiger partial charge in [0.2, 0.25) is 11.8 Å². The van der Waals surface area contributed by atoms with E-state index in [4.69, 9.17) is 10.5 Å². The fourth-order valence-corrected chi connectivity index (χ4v) is 6.39. The number of carboxylic acids is 2. The van der Waals surface area contributed by atoms with Gasteiger partial charge in [-0.15, -0.1) is 0 Å². The minimum atomic E-state index is -1.17. The number of aliphatic carboxylic acids is 2. The molecule has 1 fully saturated rings. The van der Waals surface area contributed by atoms with E-state index in [1.54, 1.807) is 30.3 Å². The summed E-state index contributed by atoms with van der Waals surface area (Å²) in [7, 11) is 0. The van der Waals surface area contributed by atoms with Crippen LogP contribution in [0.15, 0.2) is 36.4 Å². The number of nitrogens with two attached hydrogens (primary N) is 1. The molecule has 4 rings (SSSR count). The van der Waals surface area contributed by atoms with Gasteiger partial charge in [-0.1, -0.05) is 37.8 Å². The molecule has 6 N–H and O–H groups in total. The highest BCUT2D eigenvalue weighted by molar-refractivity contribution is 5.96. The topological polar surface area (TPSA) is 188 Å². The number of nitrogens with zero attached hydrogens (tertiary/aromatic N) is 1. The summed E-state index contributed by atoms with van der Waals surface area (Å²) in [6, 6.07) is 8.83. The van der Waals surface area contributed by atoms with E-state index in [1.165, 1.54) is 31.1 Å². The van der Waals surface area contributed by atoms with Crippen LogP contribution in [-0.4, -0.2) is 65.6 Å². The molecule has 248 valence electrons. The van der Waals surface area contributed by atoms with Crippen molar-refractivity contribution >= 4 is 35.3 Å². The third-order valence-corrected chi connectivity index (χ3v) is 8.67. The molecule has 12 heteroatoms. The van der Waals surface area contributed by atoms with Gasteiger partial charge in [0.1, 0.15) is 24.9 Å². The monoisotopic (exact) mass is 636 g/mol. The molecule has 0 saturated heterocycles. The van der Waals surface area contributed by atoms with Crippen LogP contribution in [0, 0.1) is 5.92 Å². The summed E-state index contributed by atoms with van der Waals surface area (Å²) in [6.07, 6.45) is 9.13. The van der Waals surface area contributed by atoms with E-state index in [2.05, 4.69) is 10.6 Å². The Hall–Kier alpha value is -4.61. The molecule has 2 aliphatic rings. The lowest BCUT2D eigenvalue weighted by molar-refractivity contribution is -0.136. The number of ether oxygens (including phenoxy) is 1. The van der Waals surface area contributed by atoms with Crippen LogP contribution in [0.4, 0.5) is 5.69 Å². The van der Waals surface area contributed by atoms with Crippen LogP contribution in [0.5, 0.6) is 5.75 Å². The van der Waals surface area contributed by atoms with E-state index in [1.807, 2.05) is 6.07 Å². The molecule has 1 saturated carbocycles. The lowest BCUT2D eigenvalue weighted by atomic mass is 9.90. The van der Waals surface area contributed by atoms with Gasteiger partial charge in [-0.3, -0.25) is 24.0 Å². The second kappa shape index (κ2) is 16.1. The maximum absolute atomic E-state index is 13.7. The van der Waals surface area contributed by atoms with Gasteiger partial charge in [-0.05, 0) is 79.0 Å². The zero-order valence-corrected chi connectivity index (χ0v) is 26.3. The number of primary amides is 1. The van der Waals surface area contributed by atoms with Crippen LogP contribution >= 0.6 is 0 Å². The molecule has 3 amide bonds. The second-order valence-corrected chi connectivity index (χ2v) is 12.3. The first-order chi connectivity index (χ1) is 22.0. The number of carbonyl (C=O) groups is 5. The normalized spacial score (nSPS) is 17.1. The Morgan fingerprint density at radius 3 is 2.20 bits per heavy atom. The number of carbonyl (C=O) groups excluding carboxylic acids is 3. The van der Waals surface area contributed by atoms with Crippen molar-refractivity contribution in [3.8, 4) is 5.75 Å². The number of fused-ring (bicyclic) bond motifs is 1. The number of hydrogen-bond donors (Lipinski definition) is 5. The number of nitrogens with one attached hydrogen (secondary N) is 2. The molecule has 0 radical (unpaired) electrons. The van der Waals surface area contributed by atoms with E-state index < -0.39 is 48.9 Å². The SMILES string of the molecule is CC(=O)N[C@@H](Cc1ccc(N(CC(=O)O)CC(=O)O)cc1)C(=O)N[C@H]1CCCCc2cc(OCC3CCCCC3)c(C(N)=O)cc21. The number of hydrogen-bond acceptors (Lipinski definition) is 7. The molecule has 0 unspecified atom stereocenters. The van der Waals surface area contributed by atoms with Gasteiger partial charge in [-0.25, -0.2) is 0 Å². The molecular formula is C34H44N4O8. The highest BCUT2D eigenvalue weighted by atomic mass is 16.5. The van der Waals surface area contributed by atoms with Gasteiger partial charge in [0.15, 0.2) is 0 Å². The fourth-order valence-electron chi connectivity index (χ4n) is 6.39. The lowest BCUT2D eigenvalue weighted by Crippen LogP contribution is -2.48. The van der Waals surface area contributed by atoms with E-state index >= 15 is 0 Å². The largest absolute Gasteiger partial charge is 0.492 e. The van der Waals surface area contributed by atoms with E-state index in [0.717, 1.165) is 43.2 Å². The van der Waals surface area contributed by atoms with E-state index in [9.17, 15) is 34.2 Å². The Bertz CT molecular complexity index is 1400. The van der Waals surface area contributed by atoms with Crippen LogP contribution in [0.25, 0.3) is 0 Å². The number of amides is 3. The van der Waals surface area contributed by atoms with Crippen molar-refractivity contribution in [1.82, 2.24) is 10.6 Å². The van der Waals surface area contributed by atoms with E-state index in [-0.39, 0.29) is 17.9 Å². The summed E-state index contributed by atoms with van der Waals surface area (Å²) >= 11 is 0. The standard InChI is InChI=1S/C34H44N4O8/c1-21(39)36-29(15-22-11-13-25(14-12-22)38(18-31(40)41)19-32(42)43)34(45)37-28-10-6-5-9-24-16-30(27(33(35)44)17-26(24)28)46-20-23-7-3-2-4-8-23/h11-14,16-17,23,28-29H,2-10,15,18-20H2,1H3,(H2,35,44)(H,36,39)(H,37,45)(H,40,41)(H,42,43)/t28-,29-/m0/s1. The van der Waals surface area contributed by atoms with Crippen LogP contribution in [0.3, 0.4) is 0 Å². The fraction of sp³-hybridized carbons (Fsp3) is 0.500. The quantitative estimate of drug-likeness (QED) is 0.194. The summed E-state index contributed by atoms with van der Waals surface area (Å²) in [5, 5.41) is 24.2. The van der Waals surface area contributed by atoms with Gasteiger partial charge in [-0.2, -0.15) is 0 Å². The molecule has 0 spiro atoms. The Morgan fingerprint density at radius 1 is 0.935 bits per heavy atom. The summed E-state index contributed by atoms with van der Waals surface area (Å²) < 4.78 is 6.17. The van der Waals surface area contributed by atoms with Gasteiger partial charge in [0.25, 0.3) is 5.91 Å². The maximum Gasteiger partial charge on any atom is 0.323 e. The molecule has 0 bridgehead atoms. The van der Waals surface area contributed by atoms with Crippen LogP contribution in [0.1, 0.15) is 91.4 Å². The van der Waals surface area contributed by atoms with Gasteiger partial charge < -0.3 is 36.2 Å². The van der Waals surface area contributed by atoms with Crippen molar-refractivity contribution in [2.24, 2.45) is 11.7 Å². The van der Waals surface area contributed by atoms with Gasteiger partial charge in [0, 0.05) is 19.0 Å². The lowest BCUT2D eigenvalue weighted by Gasteiger charge is -2.26. The second-order valence-electron chi connectivity index (χ2n) is 12.3. The molecule has 46 heavy (non-hydrogen) atoms. The number of rotatable bonds is 14. The molecular weight excluding hydrogens is 592 g/mol. The van der Waals surface area contributed by atoms with Gasteiger partial charge >= 0.3 is 11.9 Å². The average Bonchev–Trinajstić information content (AvgIpc) is 3.20. The number of benzene rings is 2. The first-order valence-electron chi connectivity index (χ1n) is 15.9. The summed E-state index contributed by atoms with van der Waals surface area (Å²) in [4.78, 5) is 62.0. The van der Waals surface area contributed by atoms with Crippen molar-refractivity contribution in [3.05, 3.63) is 58.7 Å². The van der Waals surface area contributed by atoms with Crippen molar-refractivity contribution in [3.63, 3.8) is 0 Å². The van der Waals surface area contributed by atoms with Crippen LogP contribution in [0.2, 0.25) is 0 Å². The predicted octanol–water partition coefficient (Wildman–Crippen LogP) is 3.35. The van der Waals surface area contributed by atoms with Crippen LogP contribution < -0.4 is 26.0 Å². The third-order valence-electron chi connectivity index (χ3n) is 8.67. The van der Waals surface area contributed by atoms with Crippen molar-refractivity contribution in [1.29, 1.82) is 0 Å². The molecule has 2 aromatic rings. The third kappa shape index (κ3) is 9.69. The summed E-state index contributed by atoms with van der Waals surface area (Å²) in [5.41, 5.74) is 8.96. The van der Waals surface area contributed by atoms with Gasteiger partial charge in [0.05, 0.1) is 18.2 Å². The molecule has 12 nitrogen and oxygen atoms in total. The zero-order chi connectivity index (χ0) is 33.2. The molecule has 2 aliphatic carbocycles. The molecule has 0 aliphatic heterocycles. The number of anilines is 1.